The molecule has 0 saturated heterocycles. The van der Waals surface area contributed by atoms with E-state index in [0.29, 0.717) is 0 Å². The fourth-order valence-corrected chi connectivity index (χ4v) is 6.67. The van der Waals surface area contributed by atoms with Crippen molar-refractivity contribution < 1.29 is 48.1 Å². The fraction of sp³-hybridized carbons (Fsp3) is 0.154. The number of aryl methyl sites for hydroxylation is 2. The number of halogens is 2. The van der Waals surface area contributed by atoms with Crippen LogP contribution in [0.4, 0.5) is 0 Å². The predicted octanol–water partition coefficient (Wildman–Crippen LogP) is -0.608. The van der Waals surface area contributed by atoms with Gasteiger partial charge in [0.15, 0.2) is 0 Å². The first-order chi connectivity index (χ1) is 13.5. The molecule has 0 heterocycles. The Labute approximate surface area is 209 Å². The van der Waals surface area contributed by atoms with Gasteiger partial charge in [-0.05, 0) is 0 Å². The van der Waals surface area contributed by atoms with E-state index in [2.05, 4.69) is 94.4 Å². The average Bonchev–Trinajstić information content (AvgIpc) is 3.39. The van der Waals surface area contributed by atoms with E-state index >= 15 is 0 Å². The molecular formula is C26H28Cl2SiZr-2. The predicted molar refractivity (Wildman–Crippen MR) is 121 cm³/mol. The Morgan fingerprint density at radius 3 is 1.40 bits per heavy atom. The van der Waals surface area contributed by atoms with E-state index in [1.165, 1.54) is 32.6 Å². The second kappa shape index (κ2) is 15.6. The van der Waals surface area contributed by atoms with Crippen LogP contribution in [0.1, 0.15) is 22.3 Å². The third-order valence-corrected chi connectivity index (χ3v) is 10.9. The smallest absolute Gasteiger partial charge is 0.172 e. The Morgan fingerprint density at radius 2 is 1.17 bits per heavy atom. The summed E-state index contributed by atoms with van der Waals surface area (Å²) in [6, 6.07) is 33.9. The molecule has 0 aliphatic heterocycles. The minimum absolute atomic E-state index is 0. The Bertz CT molecular complexity index is 878. The van der Waals surface area contributed by atoms with Gasteiger partial charge in [0.25, 0.3) is 0 Å². The van der Waals surface area contributed by atoms with E-state index in [1.54, 1.807) is 23.3 Å². The van der Waals surface area contributed by atoms with Crippen LogP contribution in [0.25, 0.3) is 0 Å². The molecule has 30 heavy (non-hydrogen) atoms. The molecule has 4 heteroatoms. The van der Waals surface area contributed by atoms with Crippen molar-refractivity contribution in [1.82, 2.24) is 0 Å². The summed E-state index contributed by atoms with van der Waals surface area (Å²) in [6.45, 7) is 8.68. The molecule has 156 valence electrons. The molecule has 0 atom stereocenters. The minimum atomic E-state index is -0.455. The molecule has 0 fully saturated rings. The van der Waals surface area contributed by atoms with Crippen LogP contribution in [-0.4, -0.2) is 5.43 Å². The largest absolute Gasteiger partial charge is 0.214 e. The standard InChI is InChI=1S/C12H10Si.C9H13.C5H5.2ClH.Zr/c1-3-7-11(8-4-1)13-12-9-5-2-6-10-12;1-6-5-7(2)9(4)8(6)3;1-2-4-5-3-1;;;/h1-10H;5H,1-4H3;1-5H;2*1H;/q;2*-1;;;+2/p-2. The monoisotopic (exact) mass is 528 g/mol. The molecule has 0 aliphatic carbocycles. The summed E-state index contributed by atoms with van der Waals surface area (Å²) in [5.74, 6) is 0. The van der Waals surface area contributed by atoms with Gasteiger partial charge in [-0.25, -0.2) is 12.1 Å². The third kappa shape index (κ3) is 9.31. The number of rotatable bonds is 2. The van der Waals surface area contributed by atoms with E-state index in [4.69, 9.17) is 0 Å². The van der Waals surface area contributed by atoms with Gasteiger partial charge in [0.2, 0.25) is 0 Å². The van der Waals surface area contributed by atoms with E-state index in [0.717, 1.165) is 0 Å². The first-order valence-corrected chi connectivity index (χ1v) is 14.8. The zero-order valence-corrected chi connectivity index (χ0v) is 23.0. The van der Waals surface area contributed by atoms with E-state index in [-0.39, 0.29) is 24.8 Å². The molecule has 4 rings (SSSR count). The summed E-state index contributed by atoms with van der Waals surface area (Å²) < 4.78 is 0. The second-order valence-corrected chi connectivity index (χ2v) is 12.4. The molecule has 4 aromatic carbocycles. The maximum absolute atomic E-state index is 2.25. The van der Waals surface area contributed by atoms with Gasteiger partial charge in [-0.2, -0.15) is 46.5 Å². The van der Waals surface area contributed by atoms with Gasteiger partial charge < -0.3 is 24.8 Å². The first kappa shape index (κ1) is 28.8. The van der Waals surface area contributed by atoms with Crippen LogP contribution in [0.15, 0.2) is 97.1 Å². The van der Waals surface area contributed by atoms with Crippen molar-refractivity contribution in [3.63, 3.8) is 0 Å². The molecule has 0 saturated carbocycles. The Kier molecular flexibility index (Phi) is 15.0. The van der Waals surface area contributed by atoms with E-state index in [1.807, 2.05) is 30.3 Å². The van der Waals surface area contributed by atoms with Crippen molar-refractivity contribution in [2.45, 2.75) is 27.7 Å². The molecule has 0 aromatic heterocycles. The SMILES string of the molecule is Cc1c[c-](C)c(C)c1C.[Cl-].[Cl-].[Zr+2]=[Si](c1ccccc1)c1ccccc1.c1cc[cH-]c1. The van der Waals surface area contributed by atoms with Crippen LogP contribution >= 0.6 is 0 Å². The zero-order chi connectivity index (χ0) is 20.4. The molecule has 0 amide bonds. The maximum Gasteiger partial charge on any atom is -0.172 e. The van der Waals surface area contributed by atoms with Gasteiger partial charge in [-0.1, -0.05) is 27.7 Å². The molecule has 4 aromatic rings. The molecule has 0 bridgehead atoms. The van der Waals surface area contributed by atoms with Crippen molar-refractivity contribution in [2.75, 3.05) is 0 Å². The van der Waals surface area contributed by atoms with Crippen molar-refractivity contribution in [2.24, 2.45) is 0 Å². The van der Waals surface area contributed by atoms with Crippen molar-refractivity contribution in [1.29, 1.82) is 0 Å². The summed E-state index contributed by atoms with van der Waals surface area (Å²) in [7, 11) is 0. The molecule has 0 aliphatic rings. The molecule has 0 spiro atoms. The van der Waals surface area contributed by atoms with Crippen molar-refractivity contribution in [3.05, 3.63) is 119 Å². The fourth-order valence-electron chi connectivity index (χ4n) is 2.83. The van der Waals surface area contributed by atoms with E-state index in [9.17, 15) is 0 Å². The zero-order valence-electron chi connectivity index (χ0n) is 18.0. The molecule has 0 radical (unpaired) electrons. The quantitative estimate of drug-likeness (QED) is 0.240. The van der Waals surface area contributed by atoms with Crippen LogP contribution in [0.3, 0.4) is 0 Å². The van der Waals surface area contributed by atoms with Gasteiger partial charge in [0.05, 0.1) is 0 Å². The molecule has 0 N–H and O–H groups in total. The van der Waals surface area contributed by atoms with Gasteiger partial charge >= 0.3 is 99.8 Å². The summed E-state index contributed by atoms with van der Waals surface area (Å²) in [4.78, 5) is 0. The summed E-state index contributed by atoms with van der Waals surface area (Å²) >= 11 is 1.64. The maximum atomic E-state index is 2.25. The second-order valence-electron chi connectivity index (χ2n) is 6.83. The third-order valence-electron chi connectivity index (χ3n) is 4.86. The van der Waals surface area contributed by atoms with Crippen molar-refractivity contribution in [3.8, 4) is 0 Å². The van der Waals surface area contributed by atoms with Crippen molar-refractivity contribution >= 4 is 15.8 Å². The van der Waals surface area contributed by atoms with Crippen LogP contribution in [0.2, 0.25) is 0 Å². The minimum Gasteiger partial charge on any atom is -0.214 e. The Balaban J connectivity index is 0.000000454. The Morgan fingerprint density at radius 1 is 0.733 bits per heavy atom. The Hall–Kier alpha value is -1.18. The number of hydrogen-bond acceptors (Lipinski definition) is 0. The van der Waals surface area contributed by atoms with Gasteiger partial charge in [0.1, 0.15) is 0 Å². The molecule has 0 nitrogen and oxygen atoms in total. The molecule has 0 unspecified atom stereocenters. The summed E-state index contributed by atoms with van der Waals surface area (Å²) in [6.07, 6.45) is 0. The van der Waals surface area contributed by atoms with Gasteiger partial charge in [0, 0.05) is 0 Å². The van der Waals surface area contributed by atoms with Crippen LogP contribution in [0.5, 0.6) is 0 Å². The first-order valence-electron chi connectivity index (χ1n) is 9.57. The van der Waals surface area contributed by atoms with E-state index < -0.39 is 5.43 Å². The summed E-state index contributed by atoms with van der Waals surface area (Å²) in [5.41, 5.74) is 5.29. The van der Waals surface area contributed by atoms with Crippen LogP contribution in [-0.2, 0) is 23.3 Å². The van der Waals surface area contributed by atoms with Gasteiger partial charge in [-0.3, -0.25) is 0 Å². The average molecular weight is 531 g/mol. The number of benzene rings is 2. The summed E-state index contributed by atoms with van der Waals surface area (Å²) in [5, 5.41) is 3.03. The van der Waals surface area contributed by atoms with Gasteiger partial charge in [-0.15, -0.1) is 0 Å². The topological polar surface area (TPSA) is 0 Å². The molecular weight excluding hydrogens is 503 g/mol. The normalized spacial score (nSPS) is 9.00. The number of hydrogen-bond donors (Lipinski definition) is 0. The van der Waals surface area contributed by atoms with Crippen LogP contribution in [0, 0.1) is 27.7 Å². The van der Waals surface area contributed by atoms with Crippen LogP contribution < -0.4 is 35.2 Å².